The van der Waals surface area contributed by atoms with E-state index in [0.29, 0.717) is 24.1 Å². The number of aromatic nitrogens is 1. The minimum Gasteiger partial charge on any atom is -0.436 e. The van der Waals surface area contributed by atoms with E-state index in [-0.39, 0.29) is 0 Å². The van der Waals surface area contributed by atoms with Gasteiger partial charge in [0.15, 0.2) is 11.4 Å². The molecule has 178 valence electrons. The van der Waals surface area contributed by atoms with E-state index in [2.05, 4.69) is 30.3 Å². The third-order valence-corrected chi connectivity index (χ3v) is 6.23. The zero-order valence-corrected chi connectivity index (χ0v) is 20.1. The summed E-state index contributed by atoms with van der Waals surface area (Å²) >= 11 is 0. The van der Waals surface area contributed by atoms with Crippen molar-refractivity contribution in [2.24, 2.45) is 15.7 Å². The maximum absolute atomic E-state index is 6.53. The molecule has 0 radical (unpaired) electrons. The van der Waals surface area contributed by atoms with Gasteiger partial charge in [-0.15, -0.1) is 0 Å². The highest BCUT2D eigenvalue weighted by atomic mass is 16.3. The Balaban J connectivity index is 1.59. The van der Waals surface area contributed by atoms with E-state index >= 15 is 0 Å². The Bertz CT molecular complexity index is 1720. The largest absolute Gasteiger partial charge is 0.436 e. The van der Waals surface area contributed by atoms with Gasteiger partial charge >= 0.3 is 0 Å². The van der Waals surface area contributed by atoms with Crippen LogP contribution >= 0.6 is 0 Å². The molecule has 0 bridgehead atoms. The molecular weight excluding hydrogens is 456 g/mol. The van der Waals surface area contributed by atoms with Crippen molar-refractivity contribution in [3.05, 3.63) is 138 Å². The van der Waals surface area contributed by atoms with E-state index in [1.54, 1.807) is 0 Å². The monoisotopic (exact) mass is 480 g/mol. The summed E-state index contributed by atoms with van der Waals surface area (Å²) in [5.41, 5.74) is 11.6. The first-order valence-corrected chi connectivity index (χ1v) is 12.1. The Labute approximate surface area is 214 Å². The fraction of sp³-hybridized carbons (Fsp3) is 0.0312. The average Bonchev–Trinajstić information content (AvgIpc) is 3.40. The predicted molar refractivity (Wildman–Crippen MR) is 151 cm³/mol. The molecule has 1 aromatic heterocycles. The van der Waals surface area contributed by atoms with Crippen molar-refractivity contribution < 1.29 is 4.42 Å². The summed E-state index contributed by atoms with van der Waals surface area (Å²) in [7, 11) is 0. The minimum atomic E-state index is 0.392. The molecule has 37 heavy (non-hydrogen) atoms. The Hall–Kier alpha value is -5.03. The third-order valence-electron chi connectivity index (χ3n) is 6.23. The van der Waals surface area contributed by atoms with Crippen LogP contribution in [0.25, 0.3) is 33.3 Å². The lowest BCUT2D eigenvalue weighted by Gasteiger charge is -2.12. The van der Waals surface area contributed by atoms with Crippen molar-refractivity contribution in [1.82, 2.24) is 4.98 Å². The van der Waals surface area contributed by atoms with Gasteiger partial charge in [-0.25, -0.2) is 9.98 Å². The maximum atomic E-state index is 6.53. The van der Waals surface area contributed by atoms with Crippen molar-refractivity contribution >= 4 is 33.5 Å². The van der Waals surface area contributed by atoms with Crippen LogP contribution in [-0.4, -0.2) is 16.7 Å². The molecule has 0 aliphatic carbocycles. The number of amidine groups is 2. The molecule has 6 aromatic rings. The molecule has 0 saturated carbocycles. The lowest BCUT2D eigenvalue weighted by Crippen LogP contribution is -2.17. The summed E-state index contributed by atoms with van der Waals surface area (Å²) in [6.45, 7) is 0.456. The van der Waals surface area contributed by atoms with Crippen molar-refractivity contribution in [1.29, 1.82) is 0 Å². The van der Waals surface area contributed by atoms with Crippen LogP contribution in [0.4, 0.5) is 0 Å². The molecular formula is C32H24N4O. The number of nitrogens with two attached hydrogens (primary N) is 1. The first-order valence-electron chi connectivity index (χ1n) is 12.1. The Morgan fingerprint density at radius 3 is 2.24 bits per heavy atom. The molecule has 5 heteroatoms. The second-order valence-electron chi connectivity index (χ2n) is 8.68. The molecule has 0 fully saturated rings. The van der Waals surface area contributed by atoms with Crippen molar-refractivity contribution in [3.63, 3.8) is 0 Å². The molecule has 1 heterocycles. The van der Waals surface area contributed by atoms with Gasteiger partial charge in [0.05, 0.1) is 6.54 Å². The first-order chi connectivity index (χ1) is 18.3. The van der Waals surface area contributed by atoms with Crippen molar-refractivity contribution in [3.8, 4) is 11.5 Å². The van der Waals surface area contributed by atoms with E-state index in [1.807, 2.05) is 91.0 Å². The molecule has 0 aliphatic rings. The zero-order chi connectivity index (χ0) is 25.0. The number of hydrogen-bond acceptors (Lipinski definition) is 3. The number of para-hydroxylation sites is 2. The number of benzene rings is 5. The average molecular weight is 481 g/mol. The maximum Gasteiger partial charge on any atom is 0.228 e. The van der Waals surface area contributed by atoms with Gasteiger partial charge in [-0.2, -0.15) is 0 Å². The molecule has 5 aromatic carbocycles. The summed E-state index contributed by atoms with van der Waals surface area (Å²) in [4.78, 5) is 14.7. The smallest absolute Gasteiger partial charge is 0.228 e. The molecule has 0 saturated heterocycles. The van der Waals surface area contributed by atoms with Crippen LogP contribution in [0, 0.1) is 0 Å². The fourth-order valence-electron chi connectivity index (χ4n) is 4.39. The van der Waals surface area contributed by atoms with Crippen LogP contribution in [0.2, 0.25) is 0 Å². The zero-order valence-electron chi connectivity index (χ0n) is 20.1. The highest BCUT2D eigenvalue weighted by Crippen LogP contribution is 2.33. The summed E-state index contributed by atoms with van der Waals surface area (Å²) < 4.78 is 6.20. The molecule has 0 amide bonds. The third kappa shape index (κ3) is 4.62. The quantitative estimate of drug-likeness (QED) is 0.213. The van der Waals surface area contributed by atoms with Crippen LogP contribution in [0.15, 0.2) is 136 Å². The second kappa shape index (κ2) is 9.91. The number of oxazole rings is 1. The van der Waals surface area contributed by atoms with Crippen LogP contribution in [0.5, 0.6) is 0 Å². The molecule has 0 atom stereocenters. The summed E-state index contributed by atoms with van der Waals surface area (Å²) in [5.74, 6) is 1.44. The number of fused-ring (bicyclic) bond motifs is 2. The summed E-state index contributed by atoms with van der Waals surface area (Å²) in [5, 5.41) is 2.07. The molecule has 6 rings (SSSR count). The van der Waals surface area contributed by atoms with E-state index in [4.69, 9.17) is 25.1 Å². The fourth-order valence-corrected chi connectivity index (χ4v) is 4.39. The van der Waals surface area contributed by atoms with E-state index in [1.165, 1.54) is 0 Å². The SMILES string of the molecule is N/C(=N\C(=N/Cc1ccccc1)c1c(-c2nc3ccccc3o2)ccc2ccccc12)c1ccccc1. The van der Waals surface area contributed by atoms with Gasteiger partial charge in [0.25, 0.3) is 0 Å². The molecule has 2 N–H and O–H groups in total. The van der Waals surface area contributed by atoms with E-state index < -0.39 is 0 Å². The summed E-state index contributed by atoms with van der Waals surface area (Å²) in [6, 6.07) is 39.9. The number of rotatable bonds is 5. The van der Waals surface area contributed by atoms with Crippen LogP contribution < -0.4 is 5.73 Å². The van der Waals surface area contributed by atoms with Crippen LogP contribution in [0.1, 0.15) is 16.7 Å². The van der Waals surface area contributed by atoms with E-state index in [9.17, 15) is 0 Å². The van der Waals surface area contributed by atoms with Crippen molar-refractivity contribution in [2.45, 2.75) is 6.54 Å². The highest BCUT2D eigenvalue weighted by Gasteiger charge is 2.20. The minimum absolute atomic E-state index is 0.392. The number of nitrogens with zero attached hydrogens (tertiary/aromatic N) is 3. The Morgan fingerprint density at radius 1 is 0.730 bits per heavy atom. The van der Waals surface area contributed by atoms with E-state index in [0.717, 1.165) is 44.1 Å². The molecule has 0 spiro atoms. The van der Waals surface area contributed by atoms with Crippen LogP contribution in [-0.2, 0) is 6.54 Å². The van der Waals surface area contributed by atoms with Crippen molar-refractivity contribution in [2.75, 3.05) is 0 Å². The van der Waals surface area contributed by atoms with Gasteiger partial charge in [-0.3, -0.25) is 4.99 Å². The highest BCUT2D eigenvalue weighted by molar-refractivity contribution is 6.19. The topological polar surface area (TPSA) is 76.8 Å². The molecule has 0 aliphatic heterocycles. The number of hydrogen-bond donors (Lipinski definition) is 1. The Kier molecular flexibility index (Phi) is 6.01. The van der Waals surface area contributed by atoms with Gasteiger partial charge in [0.2, 0.25) is 5.89 Å². The summed E-state index contributed by atoms with van der Waals surface area (Å²) in [6.07, 6.45) is 0. The second-order valence-corrected chi connectivity index (χ2v) is 8.68. The predicted octanol–water partition coefficient (Wildman–Crippen LogP) is 7.00. The van der Waals surface area contributed by atoms with Gasteiger partial charge in [0.1, 0.15) is 11.4 Å². The Morgan fingerprint density at radius 2 is 1.43 bits per heavy atom. The number of aliphatic imine (C=N–C) groups is 2. The van der Waals surface area contributed by atoms with Gasteiger partial charge in [-0.05, 0) is 34.5 Å². The lowest BCUT2D eigenvalue weighted by atomic mass is 9.97. The van der Waals surface area contributed by atoms with Crippen LogP contribution in [0.3, 0.4) is 0 Å². The molecule has 0 unspecified atom stereocenters. The lowest BCUT2D eigenvalue weighted by molar-refractivity contribution is 0.620. The standard InChI is InChI=1S/C32H24N4O/c33-30(24-14-5-2-6-15-24)36-31(34-21-22-11-3-1-4-12-22)29-25-16-8-7-13-23(25)19-20-26(29)32-35-27-17-9-10-18-28(27)37-32/h1-20H,21H2,(H2,33,34,36). The van der Waals surface area contributed by atoms with Gasteiger partial charge < -0.3 is 10.2 Å². The van der Waals surface area contributed by atoms with Gasteiger partial charge in [-0.1, -0.05) is 103 Å². The molecule has 5 nitrogen and oxygen atoms in total. The van der Waals surface area contributed by atoms with Gasteiger partial charge in [0, 0.05) is 16.7 Å². The normalized spacial score (nSPS) is 12.3. The first kappa shape index (κ1) is 22.4.